The zero-order valence-corrected chi connectivity index (χ0v) is 46.0. The van der Waals surface area contributed by atoms with Gasteiger partial charge < -0.3 is 40.3 Å². The maximum Gasteiger partial charge on any atom is 0.220 e. The average Bonchev–Trinajstić information content (AvgIpc) is 3.37. The molecule has 1 saturated heterocycles. The Hall–Kier alpha value is -2.11. The molecule has 0 aromatic carbocycles. The van der Waals surface area contributed by atoms with Crippen LogP contribution in [-0.4, -0.2) is 87.5 Å². The molecule has 6 N–H and O–H groups in total. The van der Waals surface area contributed by atoms with Gasteiger partial charge in [0, 0.05) is 6.42 Å². The number of rotatable bonds is 51. The van der Waals surface area contributed by atoms with E-state index < -0.39 is 49.5 Å². The summed E-state index contributed by atoms with van der Waals surface area (Å²) in [6.45, 7) is 3.69. The SMILES string of the molecule is CC/C=C\C/C=C\C/C=C\C/C=C\CCCCCCCCCCCCCCCCCCCCC(=O)NC(COC1OC(CO)C(O)C(O)C1O)C(O)/C=C/CCCCCCCCCCCCCCCCC. The van der Waals surface area contributed by atoms with Crippen molar-refractivity contribution in [1.82, 2.24) is 5.32 Å². The second kappa shape index (κ2) is 51.4. The van der Waals surface area contributed by atoms with Crippen molar-refractivity contribution < 1.29 is 39.8 Å². The Morgan fingerprint density at radius 1 is 0.493 bits per heavy atom. The van der Waals surface area contributed by atoms with Crippen LogP contribution in [0.3, 0.4) is 0 Å². The summed E-state index contributed by atoms with van der Waals surface area (Å²) in [6.07, 6.45) is 62.9. The maximum atomic E-state index is 13.1. The Kier molecular flexibility index (Phi) is 48.4. The topological polar surface area (TPSA) is 149 Å². The van der Waals surface area contributed by atoms with Crippen molar-refractivity contribution in [1.29, 1.82) is 0 Å². The van der Waals surface area contributed by atoms with Gasteiger partial charge in [0.15, 0.2) is 6.29 Å². The van der Waals surface area contributed by atoms with Crippen molar-refractivity contribution in [3.63, 3.8) is 0 Å². The van der Waals surface area contributed by atoms with E-state index in [4.69, 9.17) is 9.47 Å². The predicted octanol–water partition coefficient (Wildman–Crippen LogP) is 15.1. The number of carbonyl (C=O) groups excluding carboxylic acids is 1. The molecule has 0 aromatic rings. The van der Waals surface area contributed by atoms with E-state index in [0.29, 0.717) is 6.42 Å². The molecule has 1 aliphatic heterocycles. The van der Waals surface area contributed by atoms with Gasteiger partial charge in [0.05, 0.1) is 25.4 Å². The monoisotopic (exact) mass is 1000 g/mol. The second-order valence-corrected chi connectivity index (χ2v) is 20.8. The molecule has 0 saturated carbocycles. The third-order valence-electron chi connectivity index (χ3n) is 14.1. The molecule has 7 atom stereocenters. The van der Waals surface area contributed by atoms with Gasteiger partial charge in [-0.2, -0.15) is 0 Å². The van der Waals surface area contributed by atoms with Crippen LogP contribution in [0.1, 0.15) is 271 Å². The van der Waals surface area contributed by atoms with Crippen molar-refractivity contribution in [3.8, 4) is 0 Å². The fourth-order valence-electron chi connectivity index (χ4n) is 9.39. The number of unbranched alkanes of at least 4 members (excludes halogenated alkanes) is 33. The number of aliphatic hydroxyl groups is 5. The predicted molar refractivity (Wildman–Crippen MR) is 299 cm³/mol. The van der Waals surface area contributed by atoms with Crippen LogP contribution in [-0.2, 0) is 14.3 Å². The lowest BCUT2D eigenvalue weighted by Gasteiger charge is -2.40. The summed E-state index contributed by atoms with van der Waals surface area (Å²) in [5.41, 5.74) is 0. The number of ether oxygens (including phenoxy) is 2. The van der Waals surface area contributed by atoms with Crippen LogP contribution in [0.25, 0.3) is 0 Å². The van der Waals surface area contributed by atoms with Gasteiger partial charge in [-0.05, 0) is 57.8 Å². The Labute approximate surface area is 436 Å². The summed E-state index contributed by atoms with van der Waals surface area (Å²) in [5, 5.41) is 54.5. The minimum Gasteiger partial charge on any atom is -0.394 e. The smallest absolute Gasteiger partial charge is 0.220 e. The van der Waals surface area contributed by atoms with Gasteiger partial charge in [-0.3, -0.25) is 4.79 Å². The minimum atomic E-state index is -1.57. The van der Waals surface area contributed by atoms with Crippen molar-refractivity contribution in [2.24, 2.45) is 0 Å². The van der Waals surface area contributed by atoms with Crippen LogP contribution in [0.15, 0.2) is 60.8 Å². The van der Waals surface area contributed by atoms with Crippen LogP contribution in [0, 0.1) is 0 Å². The van der Waals surface area contributed by atoms with E-state index in [9.17, 15) is 30.3 Å². The van der Waals surface area contributed by atoms with Gasteiger partial charge in [0.2, 0.25) is 5.91 Å². The first-order valence-corrected chi connectivity index (χ1v) is 30.0. The molecule has 7 unspecified atom stereocenters. The molecule has 9 heteroatoms. The summed E-state index contributed by atoms with van der Waals surface area (Å²) in [5.74, 6) is -0.175. The Bertz CT molecular complexity index is 1300. The van der Waals surface area contributed by atoms with Gasteiger partial charge in [-0.25, -0.2) is 0 Å². The number of carbonyl (C=O) groups is 1. The number of nitrogens with one attached hydrogen (secondary N) is 1. The molecule has 0 aromatic heterocycles. The standard InChI is InChI=1S/C62H113NO8/c1-3-5-7-9-11-13-15-17-19-21-22-23-24-25-26-27-28-29-30-31-32-33-34-36-38-40-42-44-46-48-50-52-58(66)63-55(54-70-62-61(69)60(68)59(67)57(53-64)71-62)56(65)51-49-47-45-43-41-39-37-35-20-18-16-14-12-10-8-6-4-2/h5,7,11,13,17,19,22-23,49,51,55-57,59-62,64-65,67-69H,3-4,6,8-10,12,14-16,18,20-21,24-48,50,52-54H2,1-2H3,(H,63,66)/b7-5-,13-11-,19-17-,23-22-,51-49+. The Morgan fingerprint density at radius 3 is 1.30 bits per heavy atom. The van der Waals surface area contributed by atoms with Crippen LogP contribution < -0.4 is 5.32 Å². The summed E-state index contributed by atoms with van der Waals surface area (Å²) >= 11 is 0. The van der Waals surface area contributed by atoms with E-state index in [1.54, 1.807) is 6.08 Å². The molecule has 0 spiro atoms. The average molecular weight is 1000 g/mol. The molecule has 71 heavy (non-hydrogen) atoms. The number of amides is 1. The third-order valence-corrected chi connectivity index (χ3v) is 14.1. The molecule has 9 nitrogen and oxygen atoms in total. The van der Waals surface area contributed by atoms with E-state index in [1.807, 2.05) is 6.08 Å². The third kappa shape index (κ3) is 40.9. The summed E-state index contributed by atoms with van der Waals surface area (Å²) in [7, 11) is 0. The molecular formula is C62H113NO8. The molecule has 1 aliphatic rings. The summed E-state index contributed by atoms with van der Waals surface area (Å²) < 4.78 is 11.3. The number of hydrogen-bond acceptors (Lipinski definition) is 8. The Balaban J connectivity index is 2.15. The molecule has 1 fully saturated rings. The van der Waals surface area contributed by atoms with Crippen molar-refractivity contribution in [2.75, 3.05) is 13.2 Å². The van der Waals surface area contributed by atoms with Crippen molar-refractivity contribution in [3.05, 3.63) is 60.8 Å². The first kappa shape index (κ1) is 66.9. The van der Waals surface area contributed by atoms with Crippen LogP contribution in [0.2, 0.25) is 0 Å². The maximum absolute atomic E-state index is 13.1. The number of aliphatic hydroxyl groups excluding tert-OH is 5. The fraction of sp³-hybridized carbons (Fsp3) is 0.823. The number of allylic oxidation sites excluding steroid dienone is 9. The molecule has 0 radical (unpaired) electrons. The highest BCUT2D eigenvalue weighted by Gasteiger charge is 2.44. The van der Waals surface area contributed by atoms with E-state index >= 15 is 0 Å². The lowest BCUT2D eigenvalue weighted by molar-refractivity contribution is -0.302. The van der Waals surface area contributed by atoms with E-state index in [1.165, 1.54) is 186 Å². The highest BCUT2D eigenvalue weighted by molar-refractivity contribution is 5.76. The van der Waals surface area contributed by atoms with Gasteiger partial charge in [-0.15, -0.1) is 0 Å². The molecule has 414 valence electrons. The lowest BCUT2D eigenvalue weighted by atomic mass is 9.99. The normalized spacial score (nSPS) is 19.7. The molecule has 1 heterocycles. The molecule has 0 aliphatic carbocycles. The van der Waals surface area contributed by atoms with Crippen LogP contribution >= 0.6 is 0 Å². The fourth-order valence-corrected chi connectivity index (χ4v) is 9.39. The van der Waals surface area contributed by atoms with Crippen molar-refractivity contribution >= 4 is 5.91 Å². The summed E-state index contributed by atoms with van der Waals surface area (Å²) in [4.78, 5) is 13.1. The Morgan fingerprint density at radius 2 is 0.873 bits per heavy atom. The van der Waals surface area contributed by atoms with Crippen LogP contribution in [0.4, 0.5) is 0 Å². The molecule has 1 amide bonds. The zero-order chi connectivity index (χ0) is 51.5. The largest absolute Gasteiger partial charge is 0.394 e. The highest BCUT2D eigenvalue weighted by Crippen LogP contribution is 2.23. The quantitative estimate of drug-likeness (QED) is 0.0261. The molecule has 0 bridgehead atoms. The van der Waals surface area contributed by atoms with Crippen LogP contribution in [0.5, 0.6) is 0 Å². The van der Waals surface area contributed by atoms with E-state index in [0.717, 1.165) is 64.2 Å². The summed E-state index contributed by atoms with van der Waals surface area (Å²) in [6, 6.07) is -0.805. The number of hydrogen-bond donors (Lipinski definition) is 6. The van der Waals surface area contributed by atoms with Gasteiger partial charge >= 0.3 is 0 Å². The van der Waals surface area contributed by atoms with E-state index in [-0.39, 0.29) is 12.5 Å². The second-order valence-electron chi connectivity index (χ2n) is 20.8. The first-order chi connectivity index (χ1) is 34.8. The van der Waals surface area contributed by atoms with Crippen molar-refractivity contribution in [2.45, 2.75) is 314 Å². The minimum absolute atomic E-state index is 0.175. The molecule has 1 rings (SSSR count). The van der Waals surface area contributed by atoms with Gasteiger partial charge in [0.25, 0.3) is 0 Å². The first-order valence-electron chi connectivity index (χ1n) is 30.0. The zero-order valence-electron chi connectivity index (χ0n) is 46.0. The van der Waals surface area contributed by atoms with Gasteiger partial charge in [-0.1, -0.05) is 267 Å². The van der Waals surface area contributed by atoms with Gasteiger partial charge in [0.1, 0.15) is 24.4 Å². The lowest BCUT2D eigenvalue weighted by Crippen LogP contribution is -2.60. The molecular weight excluding hydrogens is 887 g/mol. The highest BCUT2D eigenvalue weighted by atomic mass is 16.7. The van der Waals surface area contributed by atoms with E-state index in [2.05, 4.69) is 67.8 Å².